The molecule has 6 rings (SSSR count). The number of fused-ring (bicyclic) bond motifs is 2. The molecule has 1 aromatic heterocycles. The van der Waals surface area contributed by atoms with Crippen molar-refractivity contribution in [2.45, 2.75) is 37.7 Å². The maximum atomic E-state index is 15.0. The molecule has 168 valence electrons. The highest BCUT2D eigenvalue weighted by molar-refractivity contribution is 5.95. The van der Waals surface area contributed by atoms with Crippen LogP contribution in [0.3, 0.4) is 0 Å². The SMILES string of the molecule is Cn1ncc2cccc(-c3ccc(F)c4c3CCC4Oc3ccc(C4CC4)cc3)c21.O=CO. The molecule has 0 amide bonds. The summed E-state index contributed by atoms with van der Waals surface area (Å²) < 4.78 is 23.1. The van der Waals surface area contributed by atoms with Crippen molar-refractivity contribution < 1.29 is 19.0 Å². The molecule has 2 aliphatic carbocycles. The second kappa shape index (κ2) is 8.70. The van der Waals surface area contributed by atoms with Crippen molar-refractivity contribution in [1.29, 1.82) is 0 Å². The Kier molecular flexibility index (Phi) is 5.58. The van der Waals surface area contributed by atoms with Gasteiger partial charge in [0.1, 0.15) is 17.7 Å². The monoisotopic (exact) mass is 444 g/mol. The van der Waals surface area contributed by atoms with Crippen LogP contribution >= 0.6 is 0 Å². The second-order valence-corrected chi connectivity index (χ2v) is 8.59. The number of hydrogen-bond acceptors (Lipinski definition) is 3. The van der Waals surface area contributed by atoms with Gasteiger partial charge in [-0.05, 0) is 66.5 Å². The van der Waals surface area contributed by atoms with E-state index in [2.05, 4.69) is 29.4 Å². The number of halogens is 1. The Morgan fingerprint density at radius 2 is 1.82 bits per heavy atom. The highest BCUT2D eigenvalue weighted by Gasteiger charge is 2.31. The van der Waals surface area contributed by atoms with Crippen LogP contribution in [0.25, 0.3) is 22.0 Å². The van der Waals surface area contributed by atoms with Gasteiger partial charge < -0.3 is 9.84 Å². The third-order valence-electron chi connectivity index (χ3n) is 6.54. The van der Waals surface area contributed by atoms with Crippen LogP contribution < -0.4 is 4.74 Å². The molecule has 2 aliphatic rings. The van der Waals surface area contributed by atoms with E-state index < -0.39 is 0 Å². The topological polar surface area (TPSA) is 64.4 Å². The van der Waals surface area contributed by atoms with Crippen LogP contribution in [-0.2, 0) is 18.3 Å². The minimum atomic E-state index is -0.252. The third-order valence-corrected chi connectivity index (χ3v) is 6.54. The van der Waals surface area contributed by atoms with E-state index in [0.717, 1.165) is 52.1 Å². The van der Waals surface area contributed by atoms with Crippen LogP contribution in [0.2, 0.25) is 0 Å². The van der Waals surface area contributed by atoms with Crippen molar-refractivity contribution in [1.82, 2.24) is 9.78 Å². The van der Waals surface area contributed by atoms with E-state index in [1.54, 1.807) is 6.07 Å². The molecule has 33 heavy (non-hydrogen) atoms. The quantitative estimate of drug-likeness (QED) is 0.391. The predicted octanol–water partition coefficient (Wildman–Crippen LogP) is 6.02. The first-order valence-electron chi connectivity index (χ1n) is 11.2. The van der Waals surface area contributed by atoms with Crippen LogP contribution in [0.1, 0.15) is 48.0 Å². The summed E-state index contributed by atoms with van der Waals surface area (Å²) >= 11 is 0. The maximum Gasteiger partial charge on any atom is 0.290 e. The number of para-hydroxylation sites is 1. The lowest BCUT2D eigenvalue weighted by Gasteiger charge is -2.17. The predicted molar refractivity (Wildman–Crippen MR) is 125 cm³/mol. The van der Waals surface area contributed by atoms with Crippen molar-refractivity contribution in [2.24, 2.45) is 7.05 Å². The zero-order valence-corrected chi connectivity index (χ0v) is 18.4. The molecule has 0 spiro atoms. The number of carboxylic acid groups (broad SMARTS) is 1. The maximum absolute atomic E-state index is 15.0. The molecule has 0 aliphatic heterocycles. The number of aromatic nitrogens is 2. The van der Waals surface area contributed by atoms with Gasteiger partial charge >= 0.3 is 0 Å². The van der Waals surface area contributed by atoms with E-state index in [-0.39, 0.29) is 18.4 Å². The molecule has 1 unspecified atom stereocenters. The van der Waals surface area contributed by atoms with Gasteiger partial charge in [-0.25, -0.2) is 4.39 Å². The van der Waals surface area contributed by atoms with E-state index in [4.69, 9.17) is 14.6 Å². The fourth-order valence-corrected chi connectivity index (χ4v) is 4.89. The third kappa shape index (κ3) is 3.97. The van der Waals surface area contributed by atoms with Crippen LogP contribution in [-0.4, -0.2) is 21.4 Å². The number of rotatable bonds is 4. The normalized spacial score (nSPS) is 16.7. The molecule has 1 fully saturated rings. The van der Waals surface area contributed by atoms with Crippen molar-refractivity contribution in [3.63, 3.8) is 0 Å². The fourth-order valence-electron chi connectivity index (χ4n) is 4.89. The molecule has 1 N–H and O–H groups in total. The van der Waals surface area contributed by atoms with Gasteiger partial charge in [0.2, 0.25) is 0 Å². The number of ether oxygens (including phenoxy) is 1. The van der Waals surface area contributed by atoms with Gasteiger partial charge in [-0.2, -0.15) is 5.10 Å². The van der Waals surface area contributed by atoms with Gasteiger partial charge in [0.05, 0.1) is 11.7 Å². The molecule has 3 aromatic carbocycles. The molecule has 1 atom stereocenters. The number of hydrogen-bond donors (Lipinski definition) is 1. The smallest absolute Gasteiger partial charge is 0.290 e. The highest BCUT2D eigenvalue weighted by Crippen LogP contribution is 2.44. The van der Waals surface area contributed by atoms with Gasteiger partial charge in [0.25, 0.3) is 6.47 Å². The van der Waals surface area contributed by atoms with Crippen molar-refractivity contribution >= 4 is 17.4 Å². The summed E-state index contributed by atoms with van der Waals surface area (Å²) in [5.41, 5.74) is 6.40. The van der Waals surface area contributed by atoms with Crippen LogP contribution in [0.15, 0.2) is 60.8 Å². The summed E-state index contributed by atoms with van der Waals surface area (Å²) in [5, 5.41) is 12.4. The zero-order chi connectivity index (χ0) is 22.9. The molecule has 5 nitrogen and oxygen atoms in total. The van der Waals surface area contributed by atoms with Crippen LogP contribution in [0, 0.1) is 5.82 Å². The van der Waals surface area contributed by atoms with Gasteiger partial charge in [0.15, 0.2) is 0 Å². The number of carbonyl (C=O) groups is 1. The number of aryl methyl sites for hydroxylation is 1. The summed E-state index contributed by atoms with van der Waals surface area (Å²) in [6, 6.07) is 18.1. The Bertz CT molecular complexity index is 1310. The zero-order valence-electron chi connectivity index (χ0n) is 18.4. The van der Waals surface area contributed by atoms with Gasteiger partial charge in [-0.1, -0.05) is 36.4 Å². The summed E-state index contributed by atoms with van der Waals surface area (Å²) in [4.78, 5) is 8.36. The lowest BCUT2D eigenvalue weighted by molar-refractivity contribution is -0.122. The lowest BCUT2D eigenvalue weighted by Crippen LogP contribution is -2.06. The second-order valence-electron chi connectivity index (χ2n) is 8.59. The standard InChI is InChI=1S/C26H23FN2O.CH2O2/c1-29-26-18(15-28-29)3-2-4-22(26)20-11-13-23(27)25-21(20)12-14-24(25)30-19-9-7-17(8-10-19)16-5-6-16;2-1-3/h2-4,7-11,13,15-16,24H,5-6,12,14H2,1H3;1H,(H,2,3). The van der Waals surface area contributed by atoms with Gasteiger partial charge in [0, 0.05) is 23.6 Å². The van der Waals surface area contributed by atoms with Crippen LogP contribution in [0.4, 0.5) is 4.39 Å². The first-order valence-corrected chi connectivity index (χ1v) is 11.2. The molecule has 0 bridgehead atoms. The highest BCUT2D eigenvalue weighted by atomic mass is 19.1. The van der Waals surface area contributed by atoms with E-state index in [9.17, 15) is 4.39 Å². The van der Waals surface area contributed by atoms with Crippen molar-refractivity contribution in [2.75, 3.05) is 0 Å². The van der Waals surface area contributed by atoms with E-state index >= 15 is 0 Å². The van der Waals surface area contributed by atoms with Crippen molar-refractivity contribution in [3.8, 4) is 16.9 Å². The number of nitrogens with zero attached hydrogens (tertiary/aromatic N) is 2. The Hall–Kier alpha value is -3.67. The lowest BCUT2D eigenvalue weighted by atomic mass is 9.95. The molecular weight excluding hydrogens is 419 g/mol. The minimum absolute atomic E-state index is 0.178. The molecule has 4 aromatic rings. The van der Waals surface area contributed by atoms with Crippen LogP contribution in [0.5, 0.6) is 5.75 Å². The first-order chi connectivity index (χ1) is 16.1. The summed E-state index contributed by atoms with van der Waals surface area (Å²) in [5.74, 6) is 1.36. The fraction of sp³-hybridized carbons (Fsp3) is 0.259. The molecule has 0 saturated heterocycles. The van der Waals surface area contributed by atoms with E-state index in [0.29, 0.717) is 5.56 Å². The van der Waals surface area contributed by atoms with Gasteiger partial charge in [-0.3, -0.25) is 9.48 Å². The molecule has 1 heterocycles. The van der Waals surface area contributed by atoms with Gasteiger partial charge in [-0.15, -0.1) is 0 Å². The number of benzene rings is 3. The molecular formula is C27H25FN2O3. The minimum Gasteiger partial charge on any atom is -0.486 e. The summed E-state index contributed by atoms with van der Waals surface area (Å²) in [6.07, 6.45) is 5.79. The average molecular weight is 445 g/mol. The Balaban J connectivity index is 0.000000724. The molecule has 6 heteroatoms. The Labute approximate surface area is 191 Å². The van der Waals surface area contributed by atoms with Crippen molar-refractivity contribution in [3.05, 3.63) is 83.3 Å². The summed E-state index contributed by atoms with van der Waals surface area (Å²) in [7, 11) is 1.95. The summed E-state index contributed by atoms with van der Waals surface area (Å²) in [6.45, 7) is -0.250. The average Bonchev–Trinajstić information content (AvgIpc) is 3.48. The largest absolute Gasteiger partial charge is 0.486 e. The van der Waals surface area contributed by atoms with E-state index in [1.165, 1.54) is 18.4 Å². The molecule has 0 radical (unpaired) electrons. The molecule has 1 saturated carbocycles. The Morgan fingerprint density at radius 1 is 1.06 bits per heavy atom. The first kappa shape index (κ1) is 21.2. The van der Waals surface area contributed by atoms with E-state index in [1.807, 2.05) is 42.2 Å². The Morgan fingerprint density at radius 3 is 2.55 bits per heavy atom.